The van der Waals surface area contributed by atoms with Crippen LogP contribution < -0.4 is 14.8 Å². The number of carbonyl (C=O) groups excluding carboxylic acids is 1. The zero-order valence-corrected chi connectivity index (χ0v) is 15.6. The minimum absolute atomic E-state index is 0.0834. The van der Waals surface area contributed by atoms with Gasteiger partial charge in [-0.05, 0) is 61.4 Å². The average molecular weight is 369 g/mol. The summed E-state index contributed by atoms with van der Waals surface area (Å²) in [6, 6.07) is 13.2. The van der Waals surface area contributed by atoms with Crippen molar-refractivity contribution in [3.05, 3.63) is 53.6 Å². The summed E-state index contributed by atoms with van der Waals surface area (Å²) >= 11 is 1.30. The van der Waals surface area contributed by atoms with Crippen molar-refractivity contribution in [1.82, 2.24) is 10.2 Å². The molecule has 1 N–H and O–H groups in total. The summed E-state index contributed by atoms with van der Waals surface area (Å²) in [5.41, 5.74) is 3.22. The molecule has 0 radical (unpaired) electrons. The third-order valence-corrected chi connectivity index (χ3v) is 4.74. The molecule has 1 amide bonds. The van der Waals surface area contributed by atoms with Crippen LogP contribution in [0.25, 0.3) is 10.6 Å². The monoisotopic (exact) mass is 369 g/mol. The van der Waals surface area contributed by atoms with Gasteiger partial charge >= 0.3 is 0 Å². The fourth-order valence-electron chi connectivity index (χ4n) is 2.23. The van der Waals surface area contributed by atoms with E-state index in [1.165, 1.54) is 16.9 Å². The van der Waals surface area contributed by atoms with Crippen molar-refractivity contribution >= 4 is 22.4 Å². The first kappa shape index (κ1) is 17.9. The Morgan fingerprint density at radius 1 is 1.04 bits per heavy atom. The first-order valence-electron chi connectivity index (χ1n) is 8.03. The highest BCUT2D eigenvalue weighted by atomic mass is 32.1. The molecule has 2 aromatic carbocycles. The van der Waals surface area contributed by atoms with E-state index >= 15 is 0 Å². The molecule has 0 unspecified atom stereocenters. The molecule has 26 heavy (non-hydrogen) atoms. The Morgan fingerprint density at radius 3 is 2.46 bits per heavy atom. The Balaban J connectivity index is 1.57. The van der Waals surface area contributed by atoms with Crippen molar-refractivity contribution in [2.24, 2.45) is 0 Å². The number of methoxy groups -OCH3 is 1. The molecule has 0 bridgehead atoms. The fraction of sp³-hybridized carbons (Fsp3) is 0.211. The normalized spacial score (nSPS) is 10.4. The molecule has 0 saturated heterocycles. The van der Waals surface area contributed by atoms with E-state index in [-0.39, 0.29) is 12.5 Å². The largest absolute Gasteiger partial charge is 0.497 e. The van der Waals surface area contributed by atoms with Crippen LogP contribution in [-0.2, 0) is 4.79 Å². The molecule has 0 atom stereocenters. The third-order valence-electron chi connectivity index (χ3n) is 3.86. The maximum absolute atomic E-state index is 12.1. The van der Waals surface area contributed by atoms with Crippen LogP contribution in [0, 0.1) is 13.8 Å². The molecule has 0 aliphatic carbocycles. The molecular formula is C19H19N3O3S. The molecule has 0 spiro atoms. The molecule has 134 valence electrons. The fourth-order valence-corrected chi connectivity index (χ4v) is 3.00. The second-order valence-corrected chi connectivity index (χ2v) is 6.70. The molecule has 6 nitrogen and oxygen atoms in total. The van der Waals surface area contributed by atoms with Crippen molar-refractivity contribution in [2.45, 2.75) is 13.8 Å². The van der Waals surface area contributed by atoms with Crippen LogP contribution >= 0.6 is 11.3 Å². The Bertz CT molecular complexity index is 907. The molecule has 0 aliphatic rings. The minimum Gasteiger partial charge on any atom is -0.497 e. The lowest BCUT2D eigenvalue weighted by Gasteiger charge is -2.07. The van der Waals surface area contributed by atoms with Gasteiger partial charge in [0.15, 0.2) is 6.61 Å². The van der Waals surface area contributed by atoms with Crippen LogP contribution in [-0.4, -0.2) is 29.8 Å². The van der Waals surface area contributed by atoms with Gasteiger partial charge in [-0.25, -0.2) is 0 Å². The molecule has 7 heteroatoms. The van der Waals surface area contributed by atoms with Crippen molar-refractivity contribution < 1.29 is 14.3 Å². The zero-order valence-electron chi connectivity index (χ0n) is 14.8. The van der Waals surface area contributed by atoms with Gasteiger partial charge in [-0.3, -0.25) is 10.1 Å². The predicted octanol–water partition coefficient (Wildman–Crippen LogP) is 3.85. The molecular weight excluding hydrogens is 350 g/mol. The number of aromatic nitrogens is 2. The second kappa shape index (κ2) is 7.97. The number of hydrogen-bond donors (Lipinski definition) is 1. The van der Waals surface area contributed by atoms with Gasteiger partial charge in [0.2, 0.25) is 5.13 Å². The van der Waals surface area contributed by atoms with Gasteiger partial charge in [-0.15, -0.1) is 10.2 Å². The smallest absolute Gasteiger partial charge is 0.264 e. The van der Waals surface area contributed by atoms with Crippen LogP contribution in [0.15, 0.2) is 42.5 Å². The lowest BCUT2D eigenvalue weighted by atomic mass is 10.1. The van der Waals surface area contributed by atoms with E-state index in [0.717, 1.165) is 21.9 Å². The number of anilines is 1. The lowest BCUT2D eigenvalue weighted by Crippen LogP contribution is -2.20. The third kappa shape index (κ3) is 4.37. The van der Waals surface area contributed by atoms with Gasteiger partial charge in [-0.1, -0.05) is 17.4 Å². The van der Waals surface area contributed by atoms with Gasteiger partial charge in [0.1, 0.15) is 16.5 Å². The Hall–Kier alpha value is -2.93. The molecule has 3 aromatic rings. The summed E-state index contributed by atoms with van der Waals surface area (Å²) < 4.78 is 10.7. The molecule has 0 fully saturated rings. The average Bonchev–Trinajstić information content (AvgIpc) is 3.11. The topological polar surface area (TPSA) is 73.3 Å². The van der Waals surface area contributed by atoms with E-state index in [1.807, 2.05) is 56.3 Å². The quantitative estimate of drug-likeness (QED) is 0.714. The van der Waals surface area contributed by atoms with E-state index in [0.29, 0.717) is 10.9 Å². The standard InChI is InChI=1S/C19H19N3O3S/c1-12-4-7-16(10-13(12)2)25-11-17(23)20-19-22-21-18(26-19)14-5-8-15(24-3)9-6-14/h4-10H,11H2,1-3H3,(H,20,22,23). The highest BCUT2D eigenvalue weighted by molar-refractivity contribution is 7.18. The predicted molar refractivity (Wildman–Crippen MR) is 102 cm³/mol. The minimum atomic E-state index is -0.277. The molecule has 0 aliphatic heterocycles. The highest BCUT2D eigenvalue weighted by Crippen LogP contribution is 2.27. The number of benzene rings is 2. The summed E-state index contributed by atoms with van der Waals surface area (Å²) in [4.78, 5) is 12.1. The Kier molecular flexibility index (Phi) is 5.48. The van der Waals surface area contributed by atoms with Gasteiger partial charge in [0.25, 0.3) is 5.91 Å². The van der Waals surface area contributed by atoms with Gasteiger partial charge in [0, 0.05) is 5.56 Å². The number of rotatable bonds is 6. The van der Waals surface area contributed by atoms with E-state index in [2.05, 4.69) is 15.5 Å². The van der Waals surface area contributed by atoms with Crippen LogP contribution in [0.1, 0.15) is 11.1 Å². The number of nitrogens with one attached hydrogen (secondary N) is 1. The molecule has 1 aromatic heterocycles. The van der Waals surface area contributed by atoms with Crippen LogP contribution in [0.3, 0.4) is 0 Å². The van der Waals surface area contributed by atoms with Crippen LogP contribution in [0.2, 0.25) is 0 Å². The van der Waals surface area contributed by atoms with Gasteiger partial charge in [-0.2, -0.15) is 0 Å². The van der Waals surface area contributed by atoms with Crippen LogP contribution in [0.4, 0.5) is 5.13 Å². The summed E-state index contributed by atoms with van der Waals surface area (Å²) in [5.74, 6) is 1.16. The number of amides is 1. The lowest BCUT2D eigenvalue weighted by molar-refractivity contribution is -0.118. The summed E-state index contributed by atoms with van der Waals surface area (Å²) in [6.07, 6.45) is 0. The van der Waals surface area contributed by atoms with E-state index in [4.69, 9.17) is 9.47 Å². The first-order valence-corrected chi connectivity index (χ1v) is 8.84. The molecule has 1 heterocycles. The highest BCUT2D eigenvalue weighted by Gasteiger charge is 2.10. The van der Waals surface area contributed by atoms with Crippen LogP contribution in [0.5, 0.6) is 11.5 Å². The SMILES string of the molecule is COc1ccc(-c2nnc(NC(=O)COc3ccc(C)c(C)c3)s2)cc1. The number of carbonyl (C=O) groups is 1. The second-order valence-electron chi connectivity index (χ2n) is 5.72. The van der Waals surface area contributed by atoms with Crippen molar-refractivity contribution in [2.75, 3.05) is 19.0 Å². The molecule has 0 saturated carbocycles. The Morgan fingerprint density at radius 2 is 1.77 bits per heavy atom. The number of nitrogens with zero attached hydrogens (tertiary/aromatic N) is 2. The maximum atomic E-state index is 12.1. The molecule has 3 rings (SSSR count). The number of ether oxygens (including phenoxy) is 2. The number of hydrogen-bond acceptors (Lipinski definition) is 6. The number of aryl methyl sites for hydroxylation is 2. The van der Waals surface area contributed by atoms with Crippen molar-refractivity contribution in [1.29, 1.82) is 0 Å². The summed E-state index contributed by atoms with van der Waals surface area (Å²) in [7, 11) is 1.62. The maximum Gasteiger partial charge on any atom is 0.264 e. The van der Waals surface area contributed by atoms with Crippen molar-refractivity contribution in [3.8, 4) is 22.1 Å². The van der Waals surface area contributed by atoms with E-state index in [1.54, 1.807) is 7.11 Å². The van der Waals surface area contributed by atoms with Gasteiger partial charge in [0.05, 0.1) is 7.11 Å². The van der Waals surface area contributed by atoms with E-state index < -0.39 is 0 Å². The summed E-state index contributed by atoms with van der Waals surface area (Å²) in [6.45, 7) is 3.95. The zero-order chi connectivity index (χ0) is 18.5. The van der Waals surface area contributed by atoms with Crippen molar-refractivity contribution in [3.63, 3.8) is 0 Å². The first-order chi connectivity index (χ1) is 12.5. The summed E-state index contributed by atoms with van der Waals surface area (Å²) in [5, 5.41) is 12.0. The van der Waals surface area contributed by atoms with E-state index in [9.17, 15) is 4.79 Å². The van der Waals surface area contributed by atoms with Gasteiger partial charge < -0.3 is 9.47 Å². The Labute approximate surface area is 155 Å².